The first kappa shape index (κ1) is 14.1. The molecular weight excluding hydrogens is 258 g/mol. The standard InChI is InChI=1S/C15H17NO4/c1-19-8-6-11-4-2-3-5-13(11)16-10-14-12(15(17)18)7-9-20-14/h2-5,7,9,16H,6,8,10H2,1H3,(H,17,18). The summed E-state index contributed by atoms with van der Waals surface area (Å²) in [6, 6.07) is 9.32. The number of furan rings is 1. The van der Waals surface area contributed by atoms with Crippen LogP contribution in [0.25, 0.3) is 0 Å². The highest BCUT2D eigenvalue weighted by atomic mass is 16.5. The van der Waals surface area contributed by atoms with Gasteiger partial charge in [-0.25, -0.2) is 4.79 Å². The molecule has 0 saturated carbocycles. The molecule has 5 heteroatoms. The van der Waals surface area contributed by atoms with Crippen molar-refractivity contribution in [1.82, 2.24) is 0 Å². The van der Waals surface area contributed by atoms with Crippen molar-refractivity contribution in [3.05, 3.63) is 53.5 Å². The smallest absolute Gasteiger partial charge is 0.339 e. The van der Waals surface area contributed by atoms with E-state index in [2.05, 4.69) is 5.32 Å². The Hall–Kier alpha value is -2.27. The van der Waals surface area contributed by atoms with Crippen molar-refractivity contribution < 1.29 is 19.1 Å². The fourth-order valence-corrected chi connectivity index (χ4v) is 1.97. The van der Waals surface area contributed by atoms with Gasteiger partial charge in [0.15, 0.2) is 0 Å². The maximum Gasteiger partial charge on any atom is 0.339 e. The van der Waals surface area contributed by atoms with Gasteiger partial charge < -0.3 is 19.6 Å². The number of para-hydroxylation sites is 1. The summed E-state index contributed by atoms with van der Waals surface area (Å²) >= 11 is 0. The number of carbonyl (C=O) groups is 1. The molecule has 0 aliphatic rings. The van der Waals surface area contributed by atoms with Crippen LogP contribution in [0.2, 0.25) is 0 Å². The summed E-state index contributed by atoms with van der Waals surface area (Å²) in [6.45, 7) is 0.971. The van der Waals surface area contributed by atoms with Crippen molar-refractivity contribution >= 4 is 11.7 Å². The molecule has 0 atom stereocenters. The number of benzene rings is 1. The quantitative estimate of drug-likeness (QED) is 0.813. The van der Waals surface area contributed by atoms with Gasteiger partial charge in [0.2, 0.25) is 0 Å². The number of hydrogen-bond donors (Lipinski definition) is 2. The fraction of sp³-hybridized carbons (Fsp3) is 0.267. The molecule has 2 N–H and O–H groups in total. The van der Waals surface area contributed by atoms with E-state index in [9.17, 15) is 4.79 Å². The zero-order chi connectivity index (χ0) is 14.4. The van der Waals surface area contributed by atoms with Gasteiger partial charge in [-0.05, 0) is 24.1 Å². The minimum absolute atomic E-state index is 0.187. The van der Waals surface area contributed by atoms with Crippen molar-refractivity contribution in [2.24, 2.45) is 0 Å². The van der Waals surface area contributed by atoms with Crippen LogP contribution in [0.4, 0.5) is 5.69 Å². The number of carboxylic acid groups (broad SMARTS) is 1. The lowest BCUT2D eigenvalue weighted by atomic mass is 10.1. The molecule has 20 heavy (non-hydrogen) atoms. The fourth-order valence-electron chi connectivity index (χ4n) is 1.97. The Labute approximate surface area is 117 Å². The molecule has 0 amide bonds. The lowest BCUT2D eigenvalue weighted by Crippen LogP contribution is -2.07. The summed E-state index contributed by atoms with van der Waals surface area (Å²) in [5.74, 6) is -0.567. The first-order valence-electron chi connectivity index (χ1n) is 6.32. The Morgan fingerprint density at radius 1 is 1.35 bits per heavy atom. The summed E-state index contributed by atoms with van der Waals surface area (Å²) in [6.07, 6.45) is 2.18. The van der Waals surface area contributed by atoms with E-state index in [1.807, 2.05) is 24.3 Å². The first-order chi connectivity index (χ1) is 9.72. The molecule has 5 nitrogen and oxygen atoms in total. The molecule has 0 spiro atoms. The number of carboxylic acids is 1. The molecule has 0 fully saturated rings. The van der Waals surface area contributed by atoms with Gasteiger partial charge in [-0.2, -0.15) is 0 Å². The highest BCUT2D eigenvalue weighted by molar-refractivity contribution is 5.88. The summed E-state index contributed by atoms with van der Waals surface area (Å²) in [4.78, 5) is 11.0. The number of nitrogens with one attached hydrogen (secondary N) is 1. The van der Waals surface area contributed by atoms with Crippen LogP contribution in [-0.2, 0) is 17.7 Å². The van der Waals surface area contributed by atoms with Crippen LogP contribution in [0.15, 0.2) is 41.0 Å². The van der Waals surface area contributed by atoms with Gasteiger partial charge in [0, 0.05) is 12.8 Å². The van der Waals surface area contributed by atoms with Crippen molar-refractivity contribution in [3.8, 4) is 0 Å². The highest BCUT2D eigenvalue weighted by Gasteiger charge is 2.13. The van der Waals surface area contributed by atoms with Crippen LogP contribution in [0, 0.1) is 0 Å². The summed E-state index contributed by atoms with van der Waals surface area (Å²) in [5, 5.41) is 12.2. The monoisotopic (exact) mass is 275 g/mol. The van der Waals surface area contributed by atoms with E-state index in [1.54, 1.807) is 7.11 Å². The second kappa shape index (κ2) is 6.77. The molecule has 1 aromatic heterocycles. The number of rotatable bonds is 7. The van der Waals surface area contributed by atoms with Crippen LogP contribution in [0.3, 0.4) is 0 Å². The van der Waals surface area contributed by atoms with Crippen molar-refractivity contribution in [2.45, 2.75) is 13.0 Å². The minimum Gasteiger partial charge on any atom is -0.478 e. The van der Waals surface area contributed by atoms with Gasteiger partial charge in [-0.15, -0.1) is 0 Å². The molecule has 0 unspecified atom stereocenters. The SMILES string of the molecule is COCCc1ccccc1NCc1occc1C(=O)O. The van der Waals surface area contributed by atoms with Crippen LogP contribution >= 0.6 is 0 Å². The maximum atomic E-state index is 11.0. The Balaban J connectivity index is 2.07. The minimum atomic E-state index is -0.983. The molecule has 0 bridgehead atoms. The zero-order valence-corrected chi connectivity index (χ0v) is 11.3. The van der Waals surface area contributed by atoms with Crippen LogP contribution < -0.4 is 5.32 Å². The number of hydrogen-bond acceptors (Lipinski definition) is 4. The van der Waals surface area contributed by atoms with E-state index in [1.165, 1.54) is 12.3 Å². The molecule has 0 aliphatic carbocycles. The molecule has 2 aromatic rings. The Morgan fingerprint density at radius 3 is 2.90 bits per heavy atom. The van der Waals surface area contributed by atoms with Gasteiger partial charge in [-0.1, -0.05) is 18.2 Å². The van der Waals surface area contributed by atoms with Gasteiger partial charge in [-0.3, -0.25) is 0 Å². The van der Waals surface area contributed by atoms with Gasteiger partial charge in [0.05, 0.1) is 19.4 Å². The van der Waals surface area contributed by atoms with Crippen LogP contribution in [-0.4, -0.2) is 24.8 Å². The van der Waals surface area contributed by atoms with Crippen LogP contribution in [0.5, 0.6) is 0 Å². The molecular formula is C15H17NO4. The third-order valence-corrected chi connectivity index (χ3v) is 3.01. The molecule has 0 saturated heterocycles. The van der Waals surface area contributed by atoms with Crippen molar-refractivity contribution in [1.29, 1.82) is 0 Å². The second-order valence-corrected chi connectivity index (χ2v) is 4.32. The Morgan fingerprint density at radius 2 is 2.15 bits per heavy atom. The van der Waals surface area contributed by atoms with E-state index in [0.717, 1.165) is 17.7 Å². The van der Waals surface area contributed by atoms with E-state index < -0.39 is 5.97 Å². The van der Waals surface area contributed by atoms with E-state index in [0.29, 0.717) is 18.9 Å². The number of aromatic carboxylic acids is 1. The topological polar surface area (TPSA) is 71.7 Å². The average molecular weight is 275 g/mol. The van der Waals surface area contributed by atoms with Crippen molar-refractivity contribution in [2.75, 3.05) is 19.0 Å². The highest BCUT2D eigenvalue weighted by Crippen LogP contribution is 2.18. The average Bonchev–Trinajstić information content (AvgIpc) is 2.92. The van der Waals surface area contributed by atoms with Gasteiger partial charge in [0.25, 0.3) is 0 Å². The summed E-state index contributed by atoms with van der Waals surface area (Å²) < 4.78 is 10.3. The summed E-state index contributed by atoms with van der Waals surface area (Å²) in [7, 11) is 1.66. The molecule has 1 heterocycles. The van der Waals surface area contributed by atoms with E-state index in [4.69, 9.17) is 14.3 Å². The third-order valence-electron chi connectivity index (χ3n) is 3.01. The zero-order valence-electron chi connectivity index (χ0n) is 11.3. The molecule has 1 aromatic carbocycles. The number of anilines is 1. The molecule has 0 aliphatic heterocycles. The molecule has 2 rings (SSSR count). The Bertz CT molecular complexity index is 577. The first-order valence-corrected chi connectivity index (χ1v) is 6.32. The van der Waals surface area contributed by atoms with Gasteiger partial charge >= 0.3 is 5.97 Å². The van der Waals surface area contributed by atoms with Gasteiger partial charge in [0.1, 0.15) is 11.3 Å². The largest absolute Gasteiger partial charge is 0.478 e. The maximum absolute atomic E-state index is 11.0. The predicted molar refractivity (Wildman–Crippen MR) is 75.0 cm³/mol. The third kappa shape index (κ3) is 3.39. The molecule has 106 valence electrons. The predicted octanol–water partition coefficient (Wildman–Crippen LogP) is 2.78. The van der Waals surface area contributed by atoms with E-state index >= 15 is 0 Å². The lowest BCUT2D eigenvalue weighted by Gasteiger charge is -2.11. The lowest BCUT2D eigenvalue weighted by molar-refractivity contribution is 0.0694. The second-order valence-electron chi connectivity index (χ2n) is 4.32. The summed E-state index contributed by atoms with van der Waals surface area (Å²) in [5.41, 5.74) is 2.27. The molecule has 0 radical (unpaired) electrons. The van der Waals surface area contributed by atoms with E-state index in [-0.39, 0.29) is 5.56 Å². The normalized spacial score (nSPS) is 10.4. The van der Waals surface area contributed by atoms with Crippen LogP contribution in [0.1, 0.15) is 21.7 Å². The van der Waals surface area contributed by atoms with Crippen molar-refractivity contribution in [3.63, 3.8) is 0 Å². The Kier molecular flexibility index (Phi) is 4.79. The number of methoxy groups -OCH3 is 1. The number of ether oxygens (including phenoxy) is 1.